The van der Waals surface area contributed by atoms with Crippen molar-refractivity contribution in [3.63, 3.8) is 0 Å². The first kappa shape index (κ1) is 5.35. The van der Waals surface area contributed by atoms with Crippen LogP contribution >= 0.6 is 0 Å². The maximum Gasteiger partial charge on any atom is 0.0641 e. The van der Waals surface area contributed by atoms with E-state index in [2.05, 4.69) is 11.2 Å². The van der Waals surface area contributed by atoms with E-state index < -0.39 is 0 Å². The van der Waals surface area contributed by atoms with Gasteiger partial charge < -0.3 is 9.55 Å². The highest BCUT2D eigenvalue weighted by atomic mass is 15.0. The molecule has 0 bridgehead atoms. The van der Waals surface area contributed by atoms with Crippen molar-refractivity contribution in [2.24, 2.45) is 0 Å². The van der Waals surface area contributed by atoms with Gasteiger partial charge in [0.05, 0.1) is 11.9 Å². The van der Waals surface area contributed by atoms with Gasteiger partial charge in [0.25, 0.3) is 0 Å². The first-order valence-corrected chi connectivity index (χ1v) is 3.14. The van der Waals surface area contributed by atoms with Crippen LogP contribution in [-0.2, 0) is 0 Å². The summed E-state index contributed by atoms with van der Waals surface area (Å²) in [6.07, 6.45) is 8.77. The Hall–Kier alpha value is -1.44. The number of aromatic nitrogens is 2. The lowest BCUT2D eigenvalue weighted by molar-refractivity contribution is 1.08. The van der Waals surface area contributed by atoms with Gasteiger partial charge in [-0.25, -0.2) is 0 Å². The summed E-state index contributed by atoms with van der Waals surface area (Å²) in [6, 6.07) is 5.89. The van der Waals surface area contributed by atoms with E-state index in [1.807, 2.05) is 41.4 Å². The minimum atomic E-state index is 1.12. The normalized spacial score (nSPS) is 10.0. The van der Waals surface area contributed by atoms with Crippen LogP contribution in [0.4, 0.5) is 0 Å². The predicted molar refractivity (Wildman–Crippen MR) is 39.0 cm³/mol. The molecule has 10 heavy (non-hydrogen) atoms. The molecule has 0 fully saturated rings. The van der Waals surface area contributed by atoms with Crippen molar-refractivity contribution >= 4 is 0 Å². The molecule has 0 saturated carbocycles. The van der Waals surface area contributed by atoms with Crippen molar-refractivity contribution in [1.82, 2.24) is 9.55 Å². The second-order valence-electron chi connectivity index (χ2n) is 2.09. The van der Waals surface area contributed by atoms with Gasteiger partial charge in [0.2, 0.25) is 0 Å². The van der Waals surface area contributed by atoms with E-state index in [1.54, 1.807) is 0 Å². The molecule has 0 amide bonds. The molecule has 0 spiro atoms. The van der Waals surface area contributed by atoms with E-state index in [9.17, 15) is 0 Å². The Morgan fingerprint density at radius 2 is 2.10 bits per heavy atom. The number of rotatable bonds is 1. The SMILES string of the molecule is [c]1cc(-n2cccc2)c[nH]1. The lowest BCUT2D eigenvalue weighted by Crippen LogP contribution is -1.83. The molecule has 2 aromatic heterocycles. The summed E-state index contributed by atoms with van der Waals surface area (Å²) in [5, 5.41) is 0. The third-order valence-corrected chi connectivity index (χ3v) is 1.43. The Bertz CT molecular complexity index is 247. The fourth-order valence-electron chi connectivity index (χ4n) is 0.929. The molecule has 49 valence electrons. The van der Waals surface area contributed by atoms with Gasteiger partial charge in [-0.1, -0.05) is 0 Å². The predicted octanol–water partition coefficient (Wildman–Crippen LogP) is 1.61. The van der Waals surface area contributed by atoms with Crippen molar-refractivity contribution in [1.29, 1.82) is 0 Å². The number of H-pyrrole nitrogens is 1. The van der Waals surface area contributed by atoms with Gasteiger partial charge in [-0.15, -0.1) is 0 Å². The molecule has 2 heterocycles. The maximum atomic E-state index is 2.87. The quantitative estimate of drug-likeness (QED) is 0.607. The Morgan fingerprint density at radius 3 is 2.70 bits per heavy atom. The van der Waals surface area contributed by atoms with Crippen LogP contribution in [0.5, 0.6) is 0 Å². The van der Waals surface area contributed by atoms with Crippen molar-refractivity contribution in [2.75, 3.05) is 0 Å². The van der Waals surface area contributed by atoms with Crippen LogP contribution in [0.3, 0.4) is 0 Å². The second-order valence-corrected chi connectivity index (χ2v) is 2.09. The third-order valence-electron chi connectivity index (χ3n) is 1.43. The van der Waals surface area contributed by atoms with Crippen LogP contribution in [0.25, 0.3) is 5.69 Å². The minimum absolute atomic E-state index is 1.12. The number of hydrogen-bond donors (Lipinski definition) is 1. The second kappa shape index (κ2) is 2.06. The zero-order chi connectivity index (χ0) is 6.81. The average Bonchev–Trinajstić information content (AvgIpc) is 2.59. The van der Waals surface area contributed by atoms with E-state index in [-0.39, 0.29) is 0 Å². The number of nitrogens with one attached hydrogen (secondary N) is 1. The Kier molecular flexibility index (Phi) is 1.10. The molecule has 1 N–H and O–H groups in total. The largest absolute Gasteiger partial charge is 0.358 e. The van der Waals surface area contributed by atoms with Gasteiger partial charge in [0.1, 0.15) is 0 Å². The van der Waals surface area contributed by atoms with Crippen molar-refractivity contribution in [3.8, 4) is 5.69 Å². The Morgan fingerprint density at radius 1 is 1.30 bits per heavy atom. The van der Waals surface area contributed by atoms with E-state index in [0.717, 1.165) is 5.69 Å². The summed E-state index contributed by atoms with van der Waals surface area (Å²) >= 11 is 0. The molecule has 0 unspecified atom stereocenters. The van der Waals surface area contributed by atoms with Crippen molar-refractivity contribution in [2.45, 2.75) is 0 Å². The molecule has 2 nitrogen and oxygen atoms in total. The Labute approximate surface area is 59.1 Å². The molecule has 0 aromatic carbocycles. The number of aromatic amines is 1. The highest BCUT2D eigenvalue weighted by Gasteiger charge is 1.90. The summed E-state index contributed by atoms with van der Waals surface area (Å²) in [4.78, 5) is 2.87. The summed E-state index contributed by atoms with van der Waals surface area (Å²) in [5.41, 5.74) is 1.12. The highest BCUT2D eigenvalue weighted by Crippen LogP contribution is 2.04. The van der Waals surface area contributed by atoms with Gasteiger partial charge in [-0.05, 0) is 18.2 Å². The van der Waals surface area contributed by atoms with E-state index >= 15 is 0 Å². The smallest absolute Gasteiger partial charge is 0.0641 e. The van der Waals surface area contributed by atoms with Crippen LogP contribution in [-0.4, -0.2) is 9.55 Å². The minimum Gasteiger partial charge on any atom is -0.358 e. The first-order chi connectivity index (χ1) is 4.97. The molecule has 0 saturated heterocycles. The Balaban J connectivity index is 2.48. The topological polar surface area (TPSA) is 20.7 Å². The standard InChI is InChI=1S/C8H7N2/c1-2-6-10(5-1)8-3-4-9-7-8/h1-3,5-7,9H. The fraction of sp³-hybridized carbons (Fsp3) is 0. The van der Waals surface area contributed by atoms with Gasteiger partial charge in [0, 0.05) is 18.6 Å². The molecule has 2 aromatic rings. The van der Waals surface area contributed by atoms with Gasteiger partial charge in [-0.2, -0.15) is 0 Å². The van der Waals surface area contributed by atoms with Crippen LogP contribution in [0.15, 0.2) is 36.8 Å². The number of nitrogens with zero attached hydrogens (tertiary/aromatic N) is 1. The van der Waals surface area contributed by atoms with Crippen LogP contribution in [0, 0.1) is 6.20 Å². The van der Waals surface area contributed by atoms with Crippen LogP contribution in [0.1, 0.15) is 0 Å². The van der Waals surface area contributed by atoms with E-state index in [4.69, 9.17) is 0 Å². The summed E-state index contributed by atoms with van der Waals surface area (Å²) in [7, 11) is 0. The zero-order valence-electron chi connectivity index (χ0n) is 5.41. The first-order valence-electron chi connectivity index (χ1n) is 3.14. The lowest BCUT2D eigenvalue weighted by atomic mass is 10.5. The average molecular weight is 131 g/mol. The molecule has 0 atom stereocenters. The zero-order valence-corrected chi connectivity index (χ0v) is 5.41. The van der Waals surface area contributed by atoms with Gasteiger partial charge in [0.15, 0.2) is 0 Å². The molecular weight excluding hydrogens is 124 g/mol. The molecule has 1 radical (unpaired) electrons. The third kappa shape index (κ3) is 0.739. The molecule has 2 rings (SSSR count). The molecule has 0 aliphatic carbocycles. The molecule has 2 heteroatoms. The summed E-state index contributed by atoms with van der Waals surface area (Å²) < 4.78 is 2.02. The molecule has 0 aliphatic rings. The maximum absolute atomic E-state index is 2.87. The van der Waals surface area contributed by atoms with Gasteiger partial charge in [-0.3, -0.25) is 0 Å². The lowest BCUT2D eigenvalue weighted by Gasteiger charge is -1.94. The van der Waals surface area contributed by atoms with E-state index in [0.29, 0.717) is 0 Å². The van der Waals surface area contributed by atoms with Crippen molar-refractivity contribution in [3.05, 3.63) is 43.0 Å². The van der Waals surface area contributed by atoms with Gasteiger partial charge >= 0.3 is 0 Å². The molecule has 0 aliphatic heterocycles. The fourth-order valence-corrected chi connectivity index (χ4v) is 0.929. The highest BCUT2D eigenvalue weighted by molar-refractivity contribution is 5.28. The molecular formula is C8H7N2. The summed E-state index contributed by atoms with van der Waals surface area (Å²) in [6.45, 7) is 0. The number of hydrogen-bond acceptors (Lipinski definition) is 0. The van der Waals surface area contributed by atoms with Crippen molar-refractivity contribution < 1.29 is 0 Å². The monoisotopic (exact) mass is 131 g/mol. The summed E-state index contributed by atoms with van der Waals surface area (Å²) in [5.74, 6) is 0. The van der Waals surface area contributed by atoms with E-state index in [1.165, 1.54) is 0 Å². The van der Waals surface area contributed by atoms with Crippen LogP contribution in [0.2, 0.25) is 0 Å². The van der Waals surface area contributed by atoms with Crippen LogP contribution < -0.4 is 0 Å².